The van der Waals surface area contributed by atoms with Crippen LogP contribution in [0.2, 0.25) is 0 Å². The number of rotatable bonds is 1. The molecule has 3 nitrogen and oxygen atoms in total. The van der Waals surface area contributed by atoms with E-state index >= 15 is 0 Å². The maximum absolute atomic E-state index is 12.8. The number of hydrogen-bond donors (Lipinski definition) is 1. The molecule has 0 bridgehead atoms. The zero-order valence-corrected chi connectivity index (χ0v) is 14.0. The molecular weight excluding hydrogens is 276 g/mol. The summed E-state index contributed by atoms with van der Waals surface area (Å²) in [5, 5.41) is 11.3. The number of carbonyl (C=O) groups excluding carboxylic acids is 1. The van der Waals surface area contributed by atoms with E-state index in [0.29, 0.717) is 12.8 Å². The van der Waals surface area contributed by atoms with Crippen LogP contribution in [0.25, 0.3) is 0 Å². The van der Waals surface area contributed by atoms with Gasteiger partial charge in [-0.1, -0.05) is 20.3 Å². The van der Waals surface area contributed by atoms with Gasteiger partial charge >= 0.3 is 0 Å². The molecule has 2 aliphatic rings. The smallest absolute Gasteiger partial charge is 0.163 e. The normalized spacial score (nSPS) is 30.2. The fourth-order valence-corrected chi connectivity index (χ4v) is 4.58. The van der Waals surface area contributed by atoms with Gasteiger partial charge in [0.05, 0.1) is 12.7 Å². The minimum Gasteiger partial charge on any atom is -0.496 e. The van der Waals surface area contributed by atoms with E-state index < -0.39 is 5.60 Å². The number of methoxy groups -OCH3 is 1. The van der Waals surface area contributed by atoms with E-state index in [1.165, 1.54) is 0 Å². The standard InChI is InChI=1S/C19H26O3/c1-12-8-14-13(9-16(12)22-4)11-19(21)7-5-6-18(2,3)17(19)10-15(14)20/h8-9,17,21H,5-7,10-11H2,1-4H3/t17-,19-/m1/s1. The summed E-state index contributed by atoms with van der Waals surface area (Å²) in [4.78, 5) is 12.8. The lowest BCUT2D eigenvalue weighted by molar-refractivity contribution is -0.0992. The SMILES string of the molecule is COc1cc2c(cc1C)C(=O)C[C@@H]1C(C)(C)CCC[C@@]1(O)C2. The average Bonchev–Trinajstić information content (AvgIpc) is 2.54. The Morgan fingerprint density at radius 2 is 2.00 bits per heavy atom. The average molecular weight is 302 g/mol. The van der Waals surface area contributed by atoms with Crippen LogP contribution in [0, 0.1) is 18.3 Å². The van der Waals surface area contributed by atoms with E-state index in [-0.39, 0.29) is 17.1 Å². The Bertz CT molecular complexity index is 617. The monoisotopic (exact) mass is 302 g/mol. The number of ketones is 1. The molecule has 0 aromatic heterocycles. The quantitative estimate of drug-likeness (QED) is 0.860. The molecule has 0 spiro atoms. The number of aliphatic hydroxyl groups is 1. The fraction of sp³-hybridized carbons (Fsp3) is 0.632. The highest BCUT2D eigenvalue weighted by atomic mass is 16.5. The molecule has 1 aromatic rings. The maximum atomic E-state index is 12.8. The molecule has 3 rings (SSSR count). The third-order valence-electron chi connectivity index (χ3n) is 5.83. The molecule has 0 heterocycles. The van der Waals surface area contributed by atoms with Crippen LogP contribution in [0.4, 0.5) is 0 Å². The summed E-state index contributed by atoms with van der Waals surface area (Å²) in [6.07, 6.45) is 3.88. The van der Waals surface area contributed by atoms with Crippen molar-refractivity contribution in [3.05, 3.63) is 28.8 Å². The molecule has 1 aromatic carbocycles. The van der Waals surface area contributed by atoms with Gasteiger partial charge in [0.15, 0.2) is 5.78 Å². The van der Waals surface area contributed by atoms with Crippen LogP contribution in [0.5, 0.6) is 5.75 Å². The molecule has 0 aliphatic heterocycles. The van der Waals surface area contributed by atoms with Crippen molar-refractivity contribution >= 4 is 5.78 Å². The van der Waals surface area contributed by atoms with Crippen molar-refractivity contribution in [2.45, 2.75) is 58.5 Å². The van der Waals surface area contributed by atoms with Gasteiger partial charge < -0.3 is 9.84 Å². The lowest BCUT2D eigenvalue weighted by Crippen LogP contribution is -2.50. The molecule has 0 amide bonds. The Morgan fingerprint density at radius 1 is 1.27 bits per heavy atom. The van der Waals surface area contributed by atoms with Gasteiger partial charge in [-0.05, 0) is 48.4 Å². The number of carbonyl (C=O) groups is 1. The molecule has 1 saturated carbocycles. The zero-order chi connectivity index (χ0) is 16.1. The molecule has 0 unspecified atom stereocenters. The third-order valence-corrected chi connectivity index (χ3v) is 5.83. The first kappa shape index (κ1) is 15.5. The van der Waals surface area contributed by atoms with Crippen molar-refractivity contribution in [2.24, 2.45) is 11.3 Å². The van der Waals surface area contributed by atoms with Crippen LogP contribution in [-0.4, -0.2) is 23.6 Å². The van der Waals surface area contributed by atoms with Crippen molar-refractivity contribution in [2.75, 3.05) is 7.11 Å². The highest BCUT2D eigenvalue weighted by molar-refractivity contribution is 5.98. The first-order valence-corrected chi connectivity index (χ1v) is 8.20. The number of hydrogen-bond acceptors (Lipinski definition) is 3. The van der Waals surface area contributed by atoms with Crippen LogP contribution >= 0.6 is 0 Å². The molecule has 0 saturated heterocycles. The topological polar surface area (TPSA) is 46.5 Å². The predicted octanol–water partition coefficient (Wildman–Crippen LogP) is 3.69. The van der Waals surface area contributed by atoms with E-state index in [2.05, 4.69) is 13.8 Å². The van der Waals surface area contributed by atoms with E-state index in [0.717, 1.165) is 41.7 Å². The first-order valence-electron chi connectivity index (χ1n) is 8.20. The van der Waals surface area contributed by atoms with Crippen LogP contribution in [0.15, 0.2) is 12.1 Å². The molecule has 3 heteroatoms. The first-order chi connectivity index (χ1) is 10.3. The summed E-state index contributed by atoms with van der Waals surface area (Å²) in [5.41, 5.74) is 1.92. The molecule has 120 valence electrons. The second-order valence-electron chi connectivity index (χ2n) is 7.78. The summed E-state index contributed by atoms with van der Waals surface area (Å²) in [6.45, 7) is 6.34. The zero-order valence-electron chi connectivity index (χ0n) is 14.0. The molecule has 1 fully saturated rings. The van der Waals surface area contributed by atoms with Crippen LogP contribution in [0.1, 0.15) is 61.0 Å². The van der Waals surface area contributed by atoms with E-state index in [1.54, 1.807) is 7.11 Å². The Kier molecular flexibility index (Phi) is 3.59. The predicted molar refractivity (Wildman–Crippen MR) is 86.5 cm³/mol. The molecule has 22 heavy (non-hydrogen) atoms. The van der Waals surface area contributed by atoms with Gasteiger partial charge in [0.2, 0.25) is 0 Å². The van der Waals surface area contributed by atoms with Gasteiger partial charge in [0, 0.05) is 24.3 Å². The lowest BCUT2D eigenvalue weighted by Gasteiger charge is -2.48. The molecule has 0 radical (unpaired) electrons. The lowest BCUT2D eigenvalue weighted by atomic mass is 9.59. The number of ether oxygens (including phenoxy) is 1. The largest absolute Gasteiger partial charge is 0.496 e. The molecule has 2 aliphatic carbocycles. The second kappa shape index (κ2) is 5.09. The molecular formula is C19H26O3. The van der Waals surface area contributed by atoms with Gasteiger partial charge in [-0.25, -0.2) is 0 Å². The maximum Gasteiger partial charge on any atom is 0.163 e. The summed E-state index contributed by atoms with van der Waals surface area (Å²) >= 11 is 0. The summed E-state index contributed by atoms with van der Waals surface area (Å²) < 4.78 is 5.40. The minimum atomic E-state index is -0.775. The van der Waals surface area contributed by atoms with Crippen molar-refractivity contribution in [3.8, 4) is 5.75 Å². The number of aryl methyl sites for hydroxylation is 1. The fourth-order valence-electron chi connectivity index (χ4n) is 4.58. The minimum absolute atomic E-state index is 0.00380. The van der Waals surface area contributed by atoms with Crippen molar-refractivity contribution in [1.29, 1.82) is 0 Å². The van der Waals surface area contributed by atoms with E-state index in [4.69, 9.17) is 4.74 Å². The molecule has 1 N–H and O–H groups in total. The summed E-state index contributed by atoms with van der Waals surface area (Å²) in [5.74, 6) is 0.986. The van der Waals surface area contributed by atoms with E-state index in [9.17, 15) is 9.90 Å². The van der Waals surface area contributed by atoms with Gasteiger partial charge in [0.1, 0.15) is 5.75 Å². The Morgan fingerprint density at radius 3 is 2.68 bits per heavy atom. The van der Waals surface area contributed by atoms with Gasteiger partial charge in [-0.2, -0.15) is 0 Å². The second-order valence-corrected chi connectivity index (χ2v) is 7.78. The van der Waals surface area contributed by atoms with Gasteiger partial charge in [-0.3, -0.25) is 4.79 Å². The highest BCUT2D eigenvalue weighted by Crippen LogP contribution is 2.51. The van der Waals surface area contributed by atoms with Crippen LogP contribution < -0.4 is 4.74 Å². The van der Waals surface area contributed by atoms with Gasteiger partial charge in [-0.15, -0.1) is 0 Å². The Hall–Kier alpha value is -1.35. The molecule has 2 atom stereocenters. The number of Topliss-reactive ketones (excluding diaryl/α,β-unsaturated/α-hetero) is 1. The third kappa shape index (κ3) is 2.36. The summed E-state index contributed by atoms with van der Waals surface area (Å²) in [7, 11) is 1.65. The van der Waals surface area contributed by atoms with Gasteiger partial charge in [0.25, 0.3) is 0 Å². The van der Waals surface area contributed by atoms with Crippen molar-refractivity contribution in [3.63, 3.8) is 0 Å². The number of benzene rings is 1. The Labute approximate surface area is 132 Å². The number of fused-ring (bicyclic) bond motifs is 2. The highest BCUT2D eigenvalue weighted by Gasteiger charge is 2.50. The van der Waals surface area contributed by atoms with Crippen molar-refractivity contribution in [1.82, 2.24) is 0 Å². The van der Waals surface area contributed by atoms with Crippen LogP contribution in [-0.2, 0) is 6.42 Å². The summed E-state index contributed by atoms with van der Waals surface area (Å²) in [6, 6.07) is 3.88. The van der Waals surface area contributed by atoms with Crippen LogP contribution in [0.3, 0.4) is 0 Å². The van der Waals surface area contributed by atoms with Crippen molar-refractivity contribution < 1.29 is 14.6 Å². The Balaban J connectivity index is 2.11. The van der Waals surface area contributed by atoms with E-state index in [1.807, 2.05) is 19.1 Å².